The van der Waals surface area contributed by atoms with Crippen molar-refractivity contribution in [3.63, 3.8) is 0 Å². The second-order valence-electron chi connectivity index (χ2n) is 5.15. The fourth-order valence-corrected chi connectivity index (χ4v) is 2.77. The summed E-state index contributed by atoms with van der Waals surface area (Å²) in [4.78, 5) is 27.4. The molecule has 6 heteroatoms. The van der Waals surface area contributed by atoms with Gasteiger partial charge in [-0.05, 0) is 32.4 Å². The maximum atomic E-state index is 12.7. The lowest BCUT2D eigenvalue weighted by Crippen LogP contribution is -2.24. The molecule has 1 unspecified atom stereocenters. The van der Waals surface area contributed by atoms with E-state index in [1.165, 1.54) is 0 Å². The molecule has 5 nitrogen and oxygen atoms in total. The molecule has 2 rings (SSSR count). The number of anilines is 1. The van der Waals surface area contributed by atoms with Gasteiger partial charge in [0.25, 0.3) is 0 Å². The number of ketones is 1. The van der Waals surface area contributed by atoms with E-state index in [1.807, 2.05) is 25.7 Å². The van der Waals surface area contributed by atoms with E-state index in [9.17, 15) is 4.79 Å². The molecule has 2 aromatic heterocycles. The van der Waals surface area contributed by atoms with E-state index in [2.05, 4.69) is 15.0 Å². The molecule has 0 saturated heterocycles. The summed E-state index contributed by atoms with van der Waals surface area (Å²) in [5.74, 6) is 0.251. The van der Waals surface area contributed by atoms with Gasteiger partial charge in [-0.3, -0.25) is 9.78 Å². The zero-order chi connectivity index (χ0) is 16.8. The molecule has 0 aromatic carbocycles. The highest BCUT2D eigenvalue weighted by molar-refractivity contribution is 6.30. The molecule has 2 aromatic rings. The third kappa shape index (κ3) is 3.85. The van der Waals surface area contributed by atoms with Crippen LogP contribution in [0.1, 0.15) is 49.0 Å². The van der Waals surface area contributed by atoms with Crippen LogP contribution in [0, 0.1) is 0 Å². The Balaban J connectivity index is 2.33. The smallest absolute Gasteiger partial charge is 0.226 e. The Morgan fingerprint density at radius 2 is 1.87 bits per heavy atom. The summed E-state index contributed by atoms with van der Waals surface area (Å²) >= 11 is 6.35. The first kappa shape index (κ1) is 17.3. The lowest BCUT2D eigenvalue weighted by atomic mass is 9.90. The molecule has 1 atom stereocenters. The van der Waals surface area contributed by atoms with Crippen LogP contribution in [-0.4, -0.2) is 33.8 Å². The molecule has 0 radical (unpaired) electrons. The SMILES string of the molecule is CCC(C(=O)c1ccncc1)c1cnc(N(CC)CC)nc1Cl. The molecule has 0 aliphatic rings. The number of hydrogen-bond acceptors (Lipinski definition) is 5. The summed E-state index contributed by atoms with van der Waals surface area (Å²) < 4.78 is 0. The fourth-order valence-electron chi connectivity index (χ4n) is 2.52. The van der Waals surface area contributed by atoms with Crippen LogP contribution in [0.4, 0.5) is 5.95 Å². The Kier molecular flexibility index (Phi) is 6.04. The Labute approximate surface area is 141 Å². The van der Waals surface area contributed by atoms with Crippen LogP contribution >= 0.6 is 11.6 Å². The molecule has 0 saturated carbocycles. The second kappa shape index (κ2) is 8.02. The number of carbonyl (C=O) groups excluding carboxylic acids is 1. The van der Waals surface area contributed by atoms with Gasteiger partial charge in [0.1, 0.15) is 5.15 Å². The van der Waals surface area contributed by atoms with Crippen molar-refractivity contribution in [1.82, 2.24) is 15.0 Å². The van der Waals surface area contributed by atoms with E-state index in [4.69, 9.17) is 11.6 Å². The van der Waals surface area contributed by atoms with Crippen molar-refractivity contribution in [2.45, 2.75) is 33.1 Å². The molecule has 2 heterocycles. The lowest BCUT2D eigenvalue weighted by molar-refractivity contribution is 0.0957. The quantitative estimate of drug-likeness (QED) is 0.571. The van der Waals surface area contributed by atoms with Crippen molar-refractivity contribution >= 4 is 23.3 Å². The largest absolute Gasteiger partial charge is 0.341 e. The summed E-state index contributed by atoms with van der Waals surface area (Å²) in [6.07, 6.45) is 5.54. The number of rotatable bonds is 7. The van der Waals surface area contributed by atoms with Gasteiger partial charge in [0.15, 0.2) is 5.78 Å². The highest BCUT2D eigenvalue weighted by atomic mass is 35.5. The van der Waals surface area contributed by atoms with E-state index in [0.29, 0.717) is 28.6 Å². The number of hydrogen-bond donors (Lipinski definition) is 0. The van der Waals surface area contributed by atoms with Gasteiger partial charge in [-0.2, -0.15) is 0 Å². The zero-order valence-electron chi connectivity index (χ0n) is 13.7. The van der Waals surface area contributed by atoms with E-state index < -0.39 is 0 Å². The Morgan fingerprint density at radius 1 is 1.22 bits per heavy atom. The molecule has 0 aliphatic carbocycles. The molecular weight excluding hydrogens is 312 g/mol. The predicted molar refractivity (Wildman–Crippen MR) is 92.2 cm³/mol. The summed E-state index contributed by atoms with van der Waals surface area (Å²) in [6.45, 7) is 7.64. The number of nitrogens with zero attached hydrogens (tertiary/aromatic N) is 4. The average molecular weight is 333 g/mol. The summed E-state index contributed by atoms with van der Waals surface area (Å²) in [5, 5.41) is 0.344. The van der Waals surface area contributed by atoms with Crippen molar-refractivity contribution in [2.24, 2.45) is 0 Å². The van der Waals surface area contributed by atoms with Crippen molar-refractivity contribution in [1.29, 1.82) is 0 Å². The van der Waals surface area contributed by atoms with Gasteiger partial charge < -0.3 is 4.90 Å². The van der Waals surface area contributed by atoms with Crippen LogP contribution in [0.5, 0.6) is 0 Å². The number of Topliss-reactive ketones (excluding diaryl/α,β-unsaturated/α-hetero) is 1. The normalized spacial score (nSPS) is 12.0. The molecule has 0 aliphatic heterocycles. The molecule has 23 heavy (non-hydrogen) atoms. The van der Waals surface area contributed by atoms with Crippen LogP contribution in [0.2, 0.25) is 5.15 Å². The molecular formula is C17H21ClN4O. The van der Waals surface area contributed by atoms with Gasteiger partial charge in [-0.1, -0.05) is 18.5 Å². The third-order valence-electron chi connectivity index (χ3n) is 3.87. The van der Waals surface area contributed by atoms with Crippen LogP contribution < -0.4 is 4.90 Å². The minimum absolute atomic E-state index is 0.0102. The van der Waals surface area contributed by atoms with E-state index in [-0.39, 0.29) is 11.7 Å². The maximum Gasteiger partial charge on any atom is 0.226 e. The number of pyridine rings is 1. The van der Waals surface area contributed by atoms with E-state index >= 15 is 0 Å². The van der Waals surface area contributed by atoms with Gasteiger partial charge in [-0.25, -0.2) is 9.97 Å². The van der Waals surface area contributed by atoms with Gasteiger partial charge in [0.2, 0.25) is 5.95 Å². The van der Waals surface area contributed by atoms with Gasteiger partial charge in [0.05, 0.1) is 5.92 Å². The minimum atomic E-state index is -0.351. The van der Waals surface area contributed by atoms with Crippen LogP contribution in [0.15, 0.2) is 30.7 Å². The first-order valence-corrected chi connectivity index (χ1v) is 8.21. The number of halogens is 1. The van der Waals surface area contributed by atoms with E-state index in [0.717, 1.165) is 13.1 Å². The molecule has 0 amide bonds. The third-order valence-corrected chi connectivity index (χ3v) is 4.17. The highest BCUT2D eigenvalue weighted by Crippen LogP contribution is 2.29. The van der Waals surface area contributed by atoms with Crippen molar-refractivity contribution < 1.29 is 4.79 Å². The van der Waals surface area contributed by atoms with Crippen molar-refractivity contribution in [2.75, 3.05) is 18.0 Å². The van der Waals surface area contributed by atoms with Crippen LogP contribution in [0.25, 0.3) is 0 Å². The molecule has 122 valence electrons. The maximum absolute atomic E-state index is 12.7. The highest BCUT2D eigenvalue weighted by Gasteiger charge is 2.24. The van der Waals surface area contributed by atoms with Crippen molar-refractivity contribution in [3.8, 4) is 0 Å². The van der Waals surface area contributed by atoms with Gasteiger partial charge in [-0.15, -0.1) is 0 Å². The first-order valence-electron chi connectivity index (χ1n) is 7.83. The monoisotopic (exact) mass is 332 g/mol. The number of carbonyl (C=O) groups is 1. The predicted octanol–water partition coefficient (Wildman–Crippen LogP) is 3.75. The summed E-state index contributed by atoms with van der Waals surface area (Å²) in [6, 6.07) is 3.42. The minimum Gasteiger partial charge on any atom is -0.341 e. The van der Waals surface area contributed by atoms with Crippen molar-refractivity contribution in [3.05, 3.63) is 47.0 Å². The molecule has 0 spiro atoms. The molecule has 0 N–H and O–H groups in total. The lowest BCUT2D eigenvalue weighted by Gasteiger charge is -2.20. The topological polar surface area (TPSA) is 59.0 Å². The Bertz CT molecular complexity index is 659. The fraction of sp³-hybridized carbons (Fsp3) is 0.412. The summed E-state index contributed by atoms with van der Waals surface area (Å²) in [5.41, 5.74) is 1.29. The van der Waals surface area contributed by atoms with Gasteiger partial charge in [0, 0.05) is 42.8 Å². The average Bonchev–Trinajstić information content (AvgIpc) is 2.59. The molecule has 0 bridgehead atoms. The Morgan fingerprint density at radius 3 is 2.39 bits per heavy atom. The summed E-state index contributed by atoms with van der Waals surface area (Å²) in [7, 11) is 0. The van der Waals surface area contributed by atoms with Crippen LogP contribution in [0.3, 0.4) is 0 Å². The van der Waals surface area contributed by atoms with Gasteiger partial charge >= 0.3 is 0 Å². The standard InChI is InChI=1S/C17H21ClN4O/c1-4-13(15(23)12-7-9-19-10-8-12)14-11-20-17(21-16(14)18)22(5-2)6-3/h7-11,13H,4-6H2,1-3H3. The zero-order valence-corrected chi connectivity index (χ0v) is 14.4. The number of aromatic nitrogens is 3. The Hall–Kier alpha value is -2.01. The van der Waals surface area contributed by atoms with E-state index in [1.54, 1.807) is 30.7 Å². The second-order valence-corrected chi connectivity index (χ2v) is 5.51. The molecule has 0 fully saturated rings. The van der Waals surface area contributed by atoms with Crippen LogP contribution in [-0.2, 0) is 0 Å². The first-order chi connectivity index (χ1) is 11.1.